The molecule has 2 aromatic carbocycles. The molecule has 142 valence electrons. The topological polar surface area (TPSA) is 90.8 Å². The minimum Gasteiger partial charge on any atom is -0.288 e. The van der Waals surface area contributed by atoms with Crippen LogP contribution in [0.1, 0.15) is 31.8 Å². The highest BCUT2D eigenvalue weighted by Gasteiger charge is 2.34. The van der Waals surface area contributed by atoms with Gasteiger partial charge in [-0.2, -0.15) is 18.3 Å². The number of amides is 2. The lowest BCUT2D eigenvalue weighted by molar-refractivity contribution is -0.137. The summed E-state index contributed by atoms with van der Waals surface area (Å²) in [7, 11) is 0. The highest BCUT2D eigenvalue weighted by Crippen LogP contribution is 2.31. The van der Waals surface area contributed by atoms with Gasteiger partial charge in [0, 0.05) is 5.56 Å². The molecule has 11 heteroatoms. The molecule has 0 fully saturated rings. The van der Waals surface area contributed by atoms with Gasteiger partial charge in [-0.25, -0.2) is 19.7 Å². The van der Waals surface area contributed by atoms with Gasteiger partial charge < -0.3 is 0 Å². The van der Waals surface area contributed by atoms with E-state index in [9.17, 15) is 31.5 Å². The second-order valence-corrected chi connectivity index (χ2v) is 5.04. The summed E-state index contributed by atoms with van der Waals surface area (Å²) in [5.74, 6) is -4.89. The first kappa shape index (κ1) is 20.0. The minimum absolute atomic E-state index is 0.521. The maximum atomic E-state index is 13.8. The van der Waals surface area contributed by atoms with Crippen LogP contribution in [0.2, 0.25) is 0 Å². The second-order valence-electron chi connectivity index (χ2n) is 5.04. The first-order chi connectivity index (χ1) is 12.6. The van der Waals surface area contributed by atoms with Gasteiger partial charge in [-0.15, -0.1) is 0 Å². The molecule has 0 spiro atoms. The molecule has 0 aliphatic rings. The molecule has 0 aliphatic heterocycles. The van der Waals surface area contributed by atoms with Gasteiger partial charge >= 0.3 is 6.18 Å². The number of nitrogens with zero attached hydrogens (tertiary/aromatic N) is 1. The molecule has 0 aliphatic carbocycles. The summed E-state index contributed by atoms with van der Waals surface area (Å²) in [6.45, 7) is 0. The van der Waals surface area contributed by atoms with Crippen molar-refractivity contribution in [2.75, 3.05) is 0 Å². The van der Waals surface area contributed by atoms with Crippen molar-refractivity contribution in [1.82, 2.24) is 10.9 Å². The molecule has 2 rings (SSSR count). The predicted molar refractivity (Wildman–Crippen MR) is 82.1 cm³/mol. The van der Waals surface area contributed by atoms with E-state index in [2.05, 4.69) is 5.10 Å². The van der Waals surface area contributed by atoms with Crippen LogP contribution < -0.4 is 10.9 Å². The number of benzene rings is 2. The van der Waals surface area contributed by atoms with Crippen molar-refractivity contribution < 1.29 is 36.7 Å². The number of hydroxylamine groups is 1. The molecule has 0 heterocycles. The van der Waals surface area contributed by atoms with Gasteiger partial charge in [0.1, 0.15) is 11.6 Å². The number of nitrogens with one attached hydrogen (secondary N) is 2. The fraction of sp³-hybridized carbons (Fsp3) is 0.0625. The molecule has 2 amide bonds. The molecule has 0 aromatic heterocycles. The van der Waals surface area contributed by atoms with Crippen LogP contribution in [-0.2, 0) is 6.18 Å². The number of hydrogen-bond acceptors (Lipinski definition) is 4. The zero-order valence-corrected chi connectivity index (χ0v) is 13.1. The number of alkyl halides is 3. The smallest absolute Gasteiger partial charge is 0.288 e. The molecule has 6 nitrogen and oxygen atoms in total. The van der Waals surface area contributed by atoms with Gasteiger partial charge in [-0.05, 0) is 24.3 Å². The average molecular weight is 387 g/mol. The lowest BCUT2D eigenvalue weighted by Gasteiger charge is -2.11. The highest BCUT2D eigenvalue weighted by molar-refractivity contribution is 5.97. The van der Waals surface area contributed by atoms with Gasteiger partial charge in [0.05, 0.1) is 22.9 Å². The second kappa shape index (κ2) is 7.91. The molecular formula is C16H10F5N3O3. The standard InChI is InChI=1S/C16H10F5N3O3/c17-12-5-8(14(25)24-27)6-13(18)10(12)7-22-23-15(26)9-3-1-2-4-11(9)16(19,20)21/h1-7,27H,(H,23,26)(H,24,25)/b22-7+. The predicted octanol–water partition coefficient (Wildman–Crippen LogP) is 2.87. The van der Waals surface area contributed by atoms with Crippen LogP contribution in [-0.4, -0.2) is 23.2 Å². The number of rotatable bonds is 4. The summed E-state index contributed by atoms with van der Waals surface area (Å²) in [5.41, 5.74) is -0.265. The molecule has 0 atom stereocenters. The molecule has 0 unspecified atom stereocenters. The fourth-order valence-electron chi connectivity index (χ4n) is 2.05. The van der Waals surface area contributed by atoms with Crippen LogP contribution in [0.15, 0.2) is 41.5 Å². The first-order valence-corrected chi connectivity index (χ1v) is 7.08. The van der Waals surface area contributed by atoms with Gasteiger partial charge in [0.25, 0.3) is 11.8 Å². The Morgan fingerprint density at radius 1 is 1.04 bits per heavy atom. The third-order valence-electron chi connectivity index (χ3n) is 3.28. The lowest BCUT2D eigenvalue weighted by atomic mass is 10.1. The van der Waals surface area contributed by atoms with Crippen LogP contribution >= 0.6 is 0 Å². The van der Waals surface area contributed by atoms with E-state index in [0.717, 1.165) is 12.1 Å². The van der Waals surface area contributed by atoms with Crippen LogP contribution in [0.5, 0.6) is 0 Å². The quantitative estimate of drug-likeness (QED) is 0.326. The van der Waals surface area contributed by atoms with E-state index >= 15 is 0 Å². The average Bonchev–Trinajstić information content (AvgIpc) is 2.62. The lowest BCUT2D eigenvalue weighted by Crippen LogP contribution is -2.22. The van der Waals surface area contributed by atoms with Crippen molar-refractivity contribution in [2.45, 2.75) is 6.18 Å². The van der Waals surface area contributed by atoms with Gasteiger partial charge in [0.15, 0.2) is 0 Å². The van der Waals surface area contributed by atoms with Crippen molar-refractivity contribution in [1.29, 1.82) is 0 Å². The molecule has 0 saturated carbocycles. The Kier molecular flexibility index (Phi) is 5.85. The van der Waals surface area contributed by atoms with E-state index in [1.807, 2.05) is 0 Å². The van der Waals surface area contributed by atoms with Crippen molar-refractivity contribution in [3.05, 3.63) is 70.3 Å². The number of hydrazone groups is 1. The van der Waals surface area contributed by atoms with Crippen LogP contribution in [0.25, 0.3) is 0 Å². The van der Waals surface area contributed by atoms with Crippen LogP contribution in [0.3, 0.4) is 0 Å². The summed E-state index contributed by atoms with van der Waals surface area (Å²) < 4.78 is 66.2. The molecule has 0 radical (unpaired) electrons. The van der Waals surface area contributed by atoms with Crippen molar-refractivity contribution >= 4 is 18.0 Å². The molecule has 27 heavy (non-hydrogen) atoms. The van der Waals surface area contributed by atoms with Crippen LogP contribution in [0.4, 0.5) is 22.0 Å². The van der Waals surface area contributed by atoms with Gasteiger partial charge in [-0.3, -0.25) is 14.8 Å². The largest absolute Gasteiger partial charge is 0.417 e. The monoisotopic (exact) mass is 387 g/mol. The Bertz CT molecular complexity index is 889. The highest BCUT2D eigenvalue weighted by atomic mass is 19.4. The maximum Gasteiger partial charge on any atom is 0.417 e. The Balaban J connectivity index is 2.22. The van der Waals surface area contributed by atoms with Crippen molar-refractivity contribution in [2.24, 2.45) is 5.10 Å². The third-order valence-corrected chi connectivity index (χ3v) is 3.28. The van der Waals surface area contributed by atoms with E-state index < -0.39 is 51.9 Å². The Hall–Kier alpha value is -3.34. The first-order valence-electron chi connectivity index (χ1n) is 7.08. The number of halogens is 5. The van der Waals surface area contributed by atoms with Crippen molar-refractivity contribution in [3.8, 4) is 0 Å². The third kappa shape index (κ3) is 4.64. The Morgan fingerprint density at radius 3 is 2.19 bits per heavy atom. The number of hydrogen-bond donors (Lipinski definition) is 3. The maximum absolute atomic E-state index is 13.8. The van der Waals surface area contributed by atoms with E-state index in [-0.39, 0.29) is 0 Å². The SMILES string of the molecule is O=C(NO)c1cc(F)c(/C=N/NC(=O)c2ccccc2C(F)(F)F)c(F)c1. The van der Waals surface area contributed by atoms with Crippen molar-refractivity contribution in [3.63, 3.8) is 0 Å². The molecule has 0 bridgehead atoms. The van der Waals surface area contributed by atoms with Gasteiger partial charge in [-0.1, -0.05) is 12.1 Å². The van der Waals surface area contributed by atoms with E-state index in [0.29, 0.717) is 24.4 Å². The molecule has 2 aromatic rings. The van der Waals surface area contributed by atoms with Gasteiger partial charge in [0.2, 0.25) is 0 Å². The zero-order chi connectivity index (χ0) is 20.2. The summed E-state index contributed by atoms with van der Waals surface area (Å²) in [4.78, 5) is 23.0. The minimum atomic E-state index is -4.78. The van der Waals surface area contributed by atoms with E-state index in [1.165, 1.54) is 11.5 Å². The van der Waals surface area contributed by atoms with Crippen LogP contribution in [0, 0.1) is 11.6 Å². The zero-order valence-electron chi connectivity index (χ0n) is 13.1. The molecule has 0 saturated heterocycles. The normalized spacial score (nSPS) is 11.5. The molecular weight excluding hydrogens is 377 g/mol. The van der Waals surface area contributed by atoms with E-state index in [4.69, 9.17) is 5.21 Å². The van der Waals surface area contributed by atoms with E-state index in [1.54, 1.807) is 5.43 Å². The number of carbonyl (C=O) groups excluding carboxylic acids is 2. The fourth-order valence-corrected chi connectivity index (χ4v) is 2.05. The number of carbonyl (C=O) groups is 2. The summed E-state index contributed by atoms with van der Waals surface area (Å²) >= 11 is 0. The molecule has 3 N–H and O–H groups in total. The summed E-state index contributed by atoms with van der Waals surface area (Å²) in [6, 6.07) is 5.10. The summed E-state index contributed by atoms with van der Waals surface area (Å²) in [5, 5.41) is 11.7. The Morgan fingerprint density at radius 2 is 1.63 bits per heavy atom. The Labute approximate surface area is 148 Å². The summed E-state index contributed by atoms with van der Waals surface area (Å²) in [6.07, 6.45) is -4.25.